The molecule has 20 heavy (non-hydrogen) atoms. The van der Waals surface area contributed by atoms with Crippen LogP contribution >= 0.6 is 0 Å². The highest BCUT2D eigenvalue weighted by atomic mass is 16.3. The summed E-state index contributed by atoms with van der Waals surface area (Å²) in [4.78, 5) is 4.44. The van der Waals surface area contributed by atoms with Crippen molar-refractivity contribution in [3.8, 4) is 0 Å². The molecule has 1 aromatic carbocycles. The van der Waals surface area contributed by atoms with Crippen molar-refractivity contribution in [1.82, 2.24) is 4.98 Å². The summed E-state index contributed by atoms with van der Waals surface area (Å²) in [5, 5.41) is 12.8. The molecule has 0 bridgehead atoms. The highest BCUT2D eigenvalue weighted by Crippen LogP contribution is 2.23. The molecule has 2 rings (SSSR count). The molecule has 1 aromatic heterocycles. The second-order valence-electron chi connectivity index (χ2n) is 5.97. The predicted octanol–water partition coefficient (Wildman–Crippen LogP) is 3.52. The minimum absolute atomic E-state index is 0.0344. The number of pyridine rings is 1. The SMILES string of the molecule is CC(C)(C)c1ccc(NC(CO)c2ccccc2)nc1. The van der Waals surface area contributed by atoms with E-state index in [1.54, 1.807) is 0 Å². The predicted molar refractivity (Wildman–Crippen MR) is 82.8 cm³/mol. The van der Waals surface area contributed by atoms with E-state index in [1.807, 2.05) is 42.6 Å². The van der Waals surface area contributed by atoms with Gasteiger partial charge < -0.3 is 10.4 Å². The average molecular weight is 270 g/mol. The van der Waals surface area contributed by atoms with E-state index >= 15 is 0 Å². The molecule has 3 heteroatoms. The number of anilines is 1. The van der Waals surface area contributed by atoms with Gasteiger partial charge in [-0.25, -0.2) is 4.98 Å². The van der Waals surface area contributed by atoms with Crippen molar-refractivity contribution in [2.75, 3.05) is 11.9 Å². The van der Waals surface area contributed by atoms with Crippen LogP contribution < -0.4 is 5.32 Å². The summed E-state index contributed by atoms with van der Waals surface area (Å²) in [5.74, 6) is 0.779. The first kappa shape index (κ1) is 14.5. The number of nitrogens with zero attached hydrogens (tertiary/aromatic N) is 1. The molecule has 0 radical (unpaired) electrons. The monoisotopic (exact) mass is 270 g/mol. The van der Waals surface area contributed by atoms with Crippen molar-refractivity contribution in [2.24, 2.45) is 0 Å². The second-order valence-corrected chi connectivity index (χ2v) is 5.97. The quantitative estimate of drug-likeness (QED) is 0.893. The Labute approximate surface area is 120 Å². The Kier molecular flexibility index (Phi) is 4.40. The smallest absolute Gasteiger partial charge is 0.126 e. The molecule has 2 aromatic rings. The highest BCUT2D eigenvalue weighted by Gasteiger charge is 2.15. The third kappa shape index (κ3) is 3.58. The lowest BCUT2D eigenvalue weighted by Crippen LogP contribution is -2.16. The second kappa shape index (κ2) is 6.06. The summed E-state index contributed by atoms with van der Waals surface area (Å²) in [6.45, 7) is 6.53. The van der Waals surface area contributed by atoms with E-state index in [2.05, 4.69) is 37.1 Å². The van der Waals surface area contributed by atoms with Gasteiger partial charge in [-0.2, -0.15) is 0 Å². The maximum absolute atomic E-state index is 9.53. The van der Waals surface area contributed by atoms with Crippen molar-refractivity contribution in [1.29, 1.82) is 0 Å². The van der Waals surface area contributed by atoms with Crippen LogP contribution in [0.5, 0.6) is 0 Å². The number of hydrogen-bond donors (Lipinski definition) is 2. The van der Waals surface area contributed by atoms with Gasteiger partial charge in [0.2, 0.25) is 0 Å². The van der Waals surface area contributed by atoms with Gasteiger partial charge in [0.05, 0.1) is 12.6 Å². The van der Waals surface area contributed by atoms with Gasteiger partial charge >= 0.3 is 0 Å². The van der Waals surface area contributed by atoms with Gasteiger partial charge in [-0.05, 0) is 22.6 Å². The number of benzene rings is 1. The van der Waals surface area contributed by atoms with Crippen LogP contribution in [-0.2, 0) is 5.41 Å². The van der Waals surface area contributed by atoms with Gasteiger partial charge in [0.1, 0.15) is 5.82 Å². The van der Waals surface area contributed by atoms with E-state index in [9.17, 15) is 5.11 Å². The Morgan fingerprint density at radius 2 is 1.80 bits per heavy atom. The Morgan fingerprint density at radius 3 is 2.30 bits per heavy atom. The lowest BCUT2D eigenvalue weighted by atomic mass is 9.88. The average Bonchev–Trinajstić information content (AvgIpc) is 2.45. The molecule has 0 aliphatic heterocycles. The maximum Gasteiger partial charge on any atom is 0.126 e. The zero-order valence-corrected chi connectivity index (χ0v) is 12.3. The first-order chi connectivity index (χ1) is 9.50. The van der Waals surface area contributed by atoms with Gasteiger partial charge in [0.15, 0.2) is 0 Å². The summed E-state index contributed by atoms with van der Waals surface area (Å²) in [6.07, 6.45) is 1.89. The van der Waals surface area contributed by atoms with Gasteiger partial charge in [-0.15, -0.1) is 0 Å². The van der Waals surface area contributed by atoms with Crippen LogP contribution in [0.25, 0.3) is 0 Å². The fourth-order valence-corrected chi connectivity index (χ4v) is 2.02. The number of aliphatic hydroxyl groups excluding tert-OH is 1. The topological polar surface area (TPSA) is 45.1 Å². The number of nitrogens with one attached hydrogen (secondary N) is 1. The number of rotatable bonds is 4. The van der Waals surface area contributed by atoms with E-state index < -0.39 is 0 Å². The molecule has 0 saturated heterocycles. The van der Waals surface area contributed by atoms with Crippen molar-refractivity contribution in [3.05, 3.63) is 59.8 Å². The molecule has 0 spiro atoms. The Morgan fingerprint density at radius 1 is 1.10 bits per heavy atom. The van der Waals surface area contributed by atoms with Crippen LogP contribution in [0, 0.1) is 0 Å². The van der Waals surface area contributed by atoms with E-state index in [-0.39, 0.29) is 18.1 Å². The summed E-state index contributed by atoms with van der Waals surface area (Å²) in [5.41, 5.74) is 2.35. The summed E-state index contributed by atoms with van der Waals surface area (Å²) in [6, 6.07) is 13.8. The molecule has 0 aliphatic carbocycles. The van der Waals surface area contributed by atoms with Gasteiger partial charge in [-0.3, -0.25) is 0 Å². The Balaban J connectivity index is 2.13. The molecule has 1 atom stereocenters. The standard InChI is InChI=1S/C17H22N2O/c1-17(2,3)14-9-10-16(18-11-14)19-15(12-20)13-7-5-4-6-8-13/h4-11,15,20H,12H2,1-3H3,(H,18,19). The summed E-state index contributed by atoms with van der Waals surface area (Å²) < 4.78 is 0. The van der Waals surface area contributed by atoms with Crippen LogP contribution in [0.3, 0.4) is 0 Å². The molecular formula is C17H22N2O. The van der Waals surface area contributed by atoms with E-state index in [0.29, 0.717) is 0 Å². The zero-order chi connectivity index (χ0) is 14.6. The van der Waals surface area contributed by atoms with Crippen molar-refractivity contribution in [2.45, 2.75) is 32.2 Å². The molecule has 0 amide bonds. The molecule has 0 fully saturated rings. The van der Waals surface area contributed by atoms with Gasteiger partial charge in [-0.1, -0.05) is 57.2 Å². The van der Waals surface area contributed by atoms with Crippen LogP contribution in [0.2, 0.25) is 0 Å². The summed E-state index contributed by atoms with van der Waals surface area (Å²) in [7, 11) is 0. The molecule has 1 unspecified atom stereocenters. The highest BCUT2D eigenvalue weighted by molar-refractivity contribution is 5.40. The number of hydrogen-bond acceptors (Lipinski definition) is 3. The largest absolute Gasteiger partial charge is 0.394 e. The van der Waals surface area contributed by atoms with E-state index in [1.165, 1.54) is 5.56 Å². The third-order valence-corrected chi connectivity index (χ3v) is 3.34. The molecule has 106 valence electrons. The van der Waals surface area contributed by atoms with E-state index in [4.69, 9.17) is 0 Å². The fourth-order valence-electron chi connectivity index (χ4n) is 2.02. The first-order valence-electron chi connectivity index (χ1n) is 6.89. The molecule has 0 saturated carbocycles. The molecule has 1 heterocycles. The van der Waals surface area contributed by atoms with Crippen molar-refractivity contribution >= 4 is 5.82 Å². The normalized spacial score (nSPS) is 13.0. The fraction of sp³-hybridized carbons (Fsp3) is 0.353. The first-order valence-corrected chi connectivity index (χ1v) is 6.89. The Hall–Kier alpha value is -1.87. The summed E-state index contributed by atoms with van der Waals surface area (Å²) >= 11 is 0. The lowest BCUT2D eigenvalue weighted by molar-refractivity contribution is 0.276. The minimum atomic E-state index is -0.135. The van der Waals surface area contributed by atoms with Crippen molar-refractivity contribution in [3.63, 3.8) is 0 Å². The molecular weight excluding hydrogens is 248 g/mol. The molecule has 3 nitrogen and oxygen atoms in total. The maximum atomic E-state index is 9.53. The van der Waals surface area contributed by atoms with Gasteiger partial charge in [0, 0.05) is 6.20 Å². The van der Waals surface area contributed by atoms with Crippen LogP contribution in [0.4, 0.5) is 5.82 Å². The minimum Gasteiger partial charge on any atom is -0.394 e. The van der Waals surface area contributed by atoms with E-state index in [0.717, 1.165) is 11.4 Å². The number of aromatic nitrogens is 1. The van der Waals surface area contributed by atoms with Crippen LogP contribution in [-0.4, -0.2) is 16.7 Å². The van der Waals surface area contributed by atoms with Crippen molar-refractivity contribution < 1.29 is 5.11 Å². The van der Waals surface area contributed by atoms with Crippen LogP contribution in [0.1, 0.15) is 37.9 Å². The number of aliphatic hydroxyl groups is 1. The Bertz CT molecular complexity index is 529. The molecule has 2 N–H and O–H groups in total. The van der Waals surface area contributed by atoms with Crippen LogP contribution in [0.15, 0.2) is 48.7 Å². The third-order valence-electron chi connectivity index (χ3n) is 3.34. The van der Waals surface area contributed by atoms with Gasteiger partial charge in [0.25, 0.3) is 0 Å². The lowest BCUT2D eigenvalue weighted by Gasteiger charge is -2.20. The zero-order valence-electron chi connectivity index (χ0n) is 12.3. The molecule has 0 aliphatic rings.